The summed E-state index contributed by atoms with van der Waals surface area (Å²) in [6.45, 7) is 11.1. The Morgan fingerprint density at radius 3 is 1.73 bits per heavy atom. The van der Waals surface area contributed by atoms with Crippen molar-refractivity contribution in [3.63, 3.8) is 0 Å². The van der Waals surface area contributed by atoms with Crippen LogP contribution in [0.4, 0.5) is 17.6 Å². The maximum atomic E-state index is 14.4. The first-order valence-corrected chi connectivity index (χ1v) is 11.7. The summed E-state index contributed by atoms with van der Waals surface area (Å²) in [7, 11) is 2.56. The van der Waals surface area contributed by atoms with Crippen molar-refractivity contribution in [2.75, 3.05) is 0 Å². The Morgan fingerprint density at radius 1 is 0.909 bits per heavy atom. The lowest BCUT2D eigenvalue weighted by Gasteiger charge is -2.29. The molecule has 186 valence electrons. The van der Waals surface area contributed by atoms with Gasteiger partial charge < -0.3 is 9.47 Å². The van der Waals surface area contributed by atoms with Crippen molar-refractivity contribution >= 4 is 37.5 Å². The average Bonchev–Trinajstić information content (AvgIpc) is 2.67. The molecule has 0 radical (unpaired) electrons. The molecule has 0 saturated heterocycles. The van der Waals surface area contributed by atoms with Crippen molar-refractivity contribution in [3.8, 4) is 5.75 Å². The van der Waals surface area contributed by atoms with Crippen LogP contribution in [0.25, 0.3) is 0 Å². The Kier molecular flexibility index (Phi) is 11.8. The van der Waals surface area contributed by atoms with Crippen molar-refractivity contribution in [1.29, 1.82) is 0 Å². The van der Waals surface area contributed by atoms with Crippen molar-refractivity contribution < 1.29 is 41.4 Å². The van der Waals surface area contributed by atoms with Gasteiger partial charge in [-0.2, -0.15) is 8.78 Å². The first kappa shape index (κ1) is 31.1. The number of halogens is 4. The minimum atomic E-state index is -2.00. The predicted octanol–water partition coefficient (Wildman–Crippen LogP) is 6.12. The monoisotopic (exact) mass is 512 g/mol. The molecule has 0 unspecified atom stereocenters. The summed E-state index contributed by atoms with van der Waals surface area (Å²) in [5.74, 6) is -13.9. The number of carbonyl (C=O) groups excluding carboxylic acids is 3. The van der Waals surface area contributed by atoms with Gasteiger partial charge >= 0.3 is 11.9 Å². The number of benzene rings is 1. The van der Waals surface area contributed by atoms with Crippen LogP contribution in [0.15, 0.2) is 0 Å². The van der Waals surface area contributed by atoms with Crippen LogP contribution >= 0.6 is 8.02 Å². The molecule has 0 bridgehead atoms. The smallest absolute Gasteiger partial charge is 0.315 e. The topological polar surface area (TPSA) is 69.7 Å². The molecule has 11 heteroatoms. The number of ketones is 1. The van der Waals surface area contributed by atoms with Crippen LogP contribution in [-0.4, -0.2) is 23.3 Å². The van der Waals surface area contributed by atoms with Crippen molar-refractivity contribution in [2.24, 2.45) is 11.3 Å². The lowest BCUT2D eigenvalue weighted by atomic mass is 9.78. The fourth-order valence-electron chi connectivity index (χ4n) is 2.76. The van der Waals surface area contributed by atoms with E-state index < -0.39 is 75.7 Å². The van der Waals surface area contributed by atoms with E-state index >= 15 is 0 Å². The molecule has 0 fully saturated rings. The van der Waals surface area contributed by atoms with Crippen LogP contribution in [0.1, 0.15) is 78.1 Å². The summed E-state index contributed by atoms with van der Waals surface area (Å²) in [6, 6.07) is 0. The van der Waals surface area contributed by atoms with Gasteiger partial charge in [0.2, 0.25) is 17.4 Å². The summed E-state index contributed by atoms with van der Waals surface area (Å²) in [4.78, 5) is 36.6. The van der Waals surface area contributed by atoms with Gasteiger partial charge in [0.05, 0.1) is 17.9 Å². The van der Waals surface area contributed by atoms with Gasteiger partial charge in [0.1, 0.15) is 5.60 Å². The molecule has 0 aliphatic carbocycles. The molecule has 0 aliphatic heterocycles. The van der Waals surface area contributed by atoms with E-state index in [0.717, 1.165) is 0 Å². The summed E-state index contributed by atoms with van der Waals surface area (Å²) < 4.78 is 67.2. The van der Waals surface area contributed by atoms with Crippen molar-refractivity contribution in [2.45, 2.75) is 73.3 Å². The molecule has 0 spiro atoms. The first-order valence-electron chi connectivity index (χ1n) is 10.0. The number of hydrogen-bond donors (Lipinski definition) is 0. The summed E-state index contributed by atoms with van der Waals surface area (Å²) in [5.41, 5.74) is -3.12. The van der Waals surface area contributed by atoms with Crippen molar-refractivity contribution in [3.05, 3.63) is 28.8 Å². The zero-order chi connectivity index (χ0) is 26.3. The van der Waals surface area contributed by atoms with Crippen LogP contribution in [0.2, 0.25) is 0 Å². The molecule has 1 aromatic carbocycles. The summed E-state index contributed by atoms with van der Waals surface area (Å²) >= 11 is 3.89. The van der Waals surface area contributed by atoms with Crippen LogP contribution in [0.5, 0.6) is 5.75 Å². The molecular weight excluding hydrogens is 483 g/mol. The second-order valence-electron chi connectivity index (χ2n) is 9.26. The Morgan fingerprint density at radius 2 is 1.36 bits per heavy atom. The van der Waals surface area contributed by atoms with Gasteiger partial charge in [-0.3, -0.25) is 14.4 Å². The van der Waals surface area contributed by atoms with Crippen LogP contribution < -0.4 is 4.74 Å². The van der Waals surface area contributed by atoms with E-state index in [0.29, 0.717) is 0 Å². The van der Waals surface area contributed by atoms with E-state index in [1.54, 1.807) is 48.5 Å². The molecule has 0 amide bonds. The molecule has 33 heavy (non-hydrogen) atoms. The van der Waals surface area contributed by atoms with E-state index in [4.69, 9.17) is 4.74 Å². The highest BCUT2D eigenvalue weighted by atomic mass is 32.4. The molecule has 0 N–H and O–H groups in total. The second-order valence-corrected chi connectivity index (χ2v) is 9.26. The largest absolute Gasteiger partial charge is 0.460 e. The number of rotatable bonds is 7. The molecule has 1 aromatic rings. The van der Waals surface area contributed by atoms with E-state index in [2.05, 4.69) is 24.6 Å². The fraction of sp³-hybridized carbons (Fsp3) is 0.591. The average molecular weight is 513 g/mol. The lowest BCUT2D eigenvalue weighted by Crippen LogP contribution is -2.36. The molecular formula is C22H29F4O5PS. The standard InChI is InChI=1S/C22H28F4O5.HPS/c1-8-9-12(27)14-15(23)17(25)19(18(26)16(14)24)30-20(29)11(21(2,3)4)10-13(28)31-22(5,6)7;1-2/h11H,8-10H2,1-7H3;1H/t11-;/m1./s1. The quantitative estimate of drug-likeness (QED) is 0.110. The highest BCUT2D eigenvalue weighted by molar-refractivity contribution is 7.88. The second kappa shape index (κ2) is 12.5. The van der Waals surface area contributed by atoms with E-state index in [1.165, 1.54) is 0 Å². The Hall–Kier alpha value is -1.93. The highest BCUT2D eigenvalue weighted by Crippen LogP contribution is 2.35. The number of ether oxygens (including phenoxy) is 2. The molecule has 0 aromatic heterocycles. The zero-order valence-corrected chi connectivity index (χ0v) is 21.5. The van der Waals surface area contributed by atoms with E-state index in [-0.39, 0.29) is 12.8 Å². The molecule has 0 heterocycles. The van der Waals surface area contributed by atoms with Gasteiger partial charge in [-0.25, -0.2) is 8.78 Å². The lowest BCUT2D eigenvalue weighted by molar-refractivity contribution is -0.161. The van der Waals surface area contributed by atoms with Crippen LogP contribution in [-0.2, 0) is 26.1 Å². The Bertz CT molecular complexity index is 865. The highest BCUT2D eigenvalue weighted by Gasteiger charge is 2.38. The predicted molar refractivity (Wildman–Crippen MR) is 120 cm³/mol. The first-order chi connectivity index (χ1) is 15.0. The van der Waals surface area contributed by atoms with E-state index in [9.17, 15) is 31.9 Å². The van der Waals surface area contributed by atoms with Crippen LogP contribution in [0.3, 0.4) is 0 Å². The fourth-order valence-corrected chi connectivity index (χ4v) is 2.76. The zero-order valence-electron chi connectivity index (χ0n) is 19.7. The minimum Gasteiger partial charge on any atom is -0.460 e. The van der Waals surface area contributed by atoms with Gasteiger partial charge in [0.25, 0.3) is 0 Å². The van der Waals surface area contributed by atoms with Crippen molar-refractivity contribution in [1.82, 2.24) is 0 Å². The van der Waals surface area contributed by atoms with Gasteiger partial charge in [-0.1, -0.05) is 39.5 Å². The Balaban J connectivity index is 0.00000497. The number of esters is 2. The van der Waals surface area contributed by atoms with Gasteiger partial charge in [-0.05, 0) is 40.6 Å². The normalized spacial score (nSPS) is 12.3. The van der Waals surface area contributed by atoms with Gasteiger partial charge in [-0.15, -0.1) is 0 Å². The molecule has 1 atom stereocenters. The van der Waals surface area contributed by atoms with E-state index in [1.807, 2.05) is 0 Å². The maximum Gasteiger partial charge on any atom is 0.315 e. The molecule has 1 rings (SSSR count). The third kappa shape index (κ3) is 8.74. The summed E-state index contributed by atoms with van der Waals surface area (Å²) in [5, 5.41) is 0. The summed E-state index contributed by atoms with van der Waals surface area (Å²) in [6.07, 6.45) is -0.607. The van der Waals surface area contributed by atoms with Gasteiger partial charge in [0, 0.05) is 6.42 Å². The van der Waals surface area contributed by atoms with Crippen LogP contribution in [0, 0.1) is 34.6 Å². The molecule has 5 nitrogen and oxygen atoms in total. The number of Topliss-reactive ketones (excluding diaryl/α,β-unsaturated/α-hetero) is 1. The maximum absolute atomic E-state index is 14.4. The van der Waals surface area contributed by atoms with Gasteiger partial charge in [0.15, 0.2) is 17.4 Å². The number of carbonyl (C=O) groups is 3. The number of hydrogen-bond acceptors (Lipinski definition) is 6. The third-order valence-electron chi connectivity index (χ3n) is 4.30. The Labute approximate surface area is 198 Å². The minimum absolute atomic E-state index is 0.204. The SMILES string of the molecule is CCCC(=O)c1c(F)c(F)c(OC(=O)[C@@H](CC(=O)OC(C)(C)C)C(C)(C)C)c(F)c1F.P=S. The third-order valence-corrected chi connectivity index (χ3v) is 4.30. The molecule has 0 aliphatic rings. The molecule has 0 saturated carbocycles.